The van der Waals surface area contributed by atoms with Crippen molar-refractivity contribution in [2.75, 3.05) is 10.6 Å². The molecule has 1 aliphatic heterocycles. The van der Waals surface area contributed by atoms with Gasteiger partial charge in [-0.3, -0.25) is 0 Å². The summed E-state index contributed by atoms with van der Waals surface area (Å²) >= 11 is 0. The maximum absolute atomic E-state index is 3.88. The summed E-state index contributed by atoms with van der Waals surface area (Å²) in [6.07, 6.45) is 0. The van der Waals surface area contributed by atoms with E-state index < -0.39 is 0 Å². The zero-order valence-electron chi connectivity index (χ0n) is 10.7. The van der Waals surface area contributed by atoms with Gasteiger partial charge < -0.3 is 10.6 Å². The van der Waals surface area contributed by atoms with Crippen molar-refractivity contribution < 1.29 is 2.85 Å². The van der Waals surface area contributed by atoms with Gasteiger partial charge in [0.1, 0.15) is 5.82 Å². The van der Waals surface area contributed by atoms with Crippen molar-refractivity contribution in [1.29, 1.82) is 0 Å². The molecule has 3 rings (SSSR count). The third kappa shape index (κ3) is 1.76. The molecule has 2 nitrogen and oxygen atoms in total. The van der Waals surface area contributed by atoms with Crippen LogP contribution in [0.5, 0.6) is 0 Å². The molecule has 0 amide bonds. The minimum Gasteiger partial charge on any atom is -0.341 e. The monoisotopic (exact) mass is 240 g/mol. The molecule has 0 aliphatic carbocycles. The van der Waals surface area contributed by atoms with E-state index >= 15 is 0 Å². The van der Waals surface area contributed by atoms with Crippen LogP contribution >= 0.6 is 0 Å². The summed E-state index contributed by atoms with van der Waals surface area (Å²) in [4.78, 5) is 0. The summed E-state index contributed by atoms with van der Waals surface area (Å²) in [7, 11) is 0. The van der Waals surface area contributed by atoms with Gasteiger partial charge in [-0.1, -0.05) is 36.4 Å². The summed E-state index contributed by atoms with van der Waals surface area (Å²) in [6, 6.07) is 13.0. The SMILES string of the molecule is C=C1Nc2ccc(-c3cc(C)ccc3C)cc2N1.[HH].[HH]. The van der Waals surface area contributed by atoms with Crippen molar-refractivity contribution in [2.45, 2.75) is 13.8 Å². The number of hydrogen-bond acceptors (Lipinski definition) is 2. The first-order chi connectivity index (χ1) is 8.63. The van der Waals surface area contributed by atoms with Crippen LogP contribution in [0.4, 0.5) is 11.4 Å². The van der Waals surface area contributed by atoms with Crippen LogP contribution in [0, 0.1) is 13.8 Å². The molecule has 0 bridgehead atoms. The van der Waals surface area contributed by atoms with Gasteiger partial charge in [0.15, 0.2) is 0 Å². The molecule has 2 aromatic carbocycles. The van der Waals surface area contributed by atoms with Crippen LogP contribution in [-0.2, 0) is 0 Å². The van der Waals surface area contributed by atoms with Crippen molar-refractivity contribution >= 4 is 11.4 Å². The molecule has 18 heavy (non-hydrogen) atoms. The molecular weight excluding hydrogens is 220 g/mol. The molecule has 2 heteroatoms. The van der Waals surface area contributed by atoms with E-state index in [0.29, 0.717) is 0 Å². The molecule has 0 aromatic heterocycles. The Labute approximate surface area is 110 Å². The Bertz CT molecular complexity index is 651. The fraction of sp³-hybridized carbons (Fsp3) is 0.125. The largest absolute Gasteiger partial charge is 0.341 e. The van der Waals surface area contributed by atoms with Crippen LogP contribution in [0.1, 0.15) is 14.0 Å². The second-order valence-corrected chi connectivity index (χ2v) is 4.81. The maximum Gasteiger partial charge on any atom is 0.100 e. The van der Waals surface area contributed by atoms with E-state index in [1.54, 1.807) is 0 Å². The molecule has 0 unspecified atom stereocenters. The number of rotatable bonds is 1. The molecular formula is C16H20N2. The third-order valence-corrected chi connectivity index (χ3v) is 3.29. The van der Waals surface area contributed by atoms with E-state index in [4.69, 9.17) is 0 Å². The minimum absolute atomic E-state index is 0. The number of aryl methyl sites for hydroxylation is 2. The van der Waals surface area contributed by atoms with Crippen LogP contribution in [-0.4, -0.2) is 0 Å². The standard InChI is InChI=1S/C16H16N2.2H2/c1-10-4-5-11(2)14(8-10)13-6-7-15-16(9-13)18-12(3)17-15;;/h4-9,17-18H,3H2,1-2H3;2*1H. The lowest BCUT2D eigenvalue weighted by Gasteiger charge is -2.09. The predicted octanol–water partition coefficient (Wildman–Crippen LogP) is 4.77. The molecule has 1 aliphatic rings. The Kier molecular flexibility index (Phi) is 2.37. The van der Waals surface area contributed by atoms with Gasteiger partial charge in [-0.2, -0.15) is 0 Å². The molecule has 0 atom stereocenters. The Morgan fingerprint density at radius 2 is 1.72 bits per heavy atom. The molecule has 2 aromatic rings. The summed E-state index contributed by atoms with van der Waals surface area (Å²) in [6.45, 7) is 8.15. The summed E-state index contributed by atoms with van der Waals surface area (Å²) < 4.78 is 0. The average molecular weight is 240 g/mol. The van der Waals surface area contributed by atoms with Crippen molar-refractivity contribution in [1.82, 2.24) is 0 Å². The zero-order valence-corrected chi connectivity index (χ0v) is 10.7. The van der Waals surface area contributed by atoms with Crippen molar-refractivity contribution in [3.63, 3.8) is 0 Å². The van der Waals surface area contributed by atoms with E-state index in [1.807, 2.05) is 0 Å². The van der Waals surface area contributed by atoms with Crippen LogP contribution in [0.2, 0.25) is 0 Å². The first-order valence-electron chi connectivity index (χ1n) is 6.08. The summed E-state index contributed by atoms with van der Waals surface area (Å²) in [5.74, 6) is 0.836. The highest BCUT2D eigenvalue weighted by Crippen LogP contribution is 2.35. The first-order valence-corrected chi connectivity index (χ1v) is 6.08. The van der Waals surface area contributed by atoms with Crippen LogP contribution in [0.3, 0.4) is 0 Å². The maximum atomic E-state index is 3.88. The fourth-order valence-corrected chi connectivity index (χ4v) is 2.33. The van der Waals surface area contributed by atoms with E-state index in [-0.39, 0.29) is 2.85 Å². The third-order valence-electron chi connectivity index (χ3n) is 3.29. The van der Waals surface area contributed by atoms with Gasteiger partial charge in [-0.25, -0.2) is 0 Å². The van der Waals surface area contributed by atoms with Gasteiger partial charge in [0.05, 0.1) is 11.4 Å². The molecule has 0 saturated heterocycles. The lowest BCUT2D eigenvalue weighted by atomic mass is 9.98. The van der Waals surface area contributed by atoms with Crippen LogP contribution < -0.4 is 10.6 Å². The molecule has 0 saturated carbocycles. The summed E-state index contributed by atoms with van der Waals surface area (Å²) in [5.41, 5.74) is 7.29. The zero-order chi connectivity index (χ0) is 12.7. The van der Waals surface area contributed by atoms with E-state index in [1.165, 1.54) is 22.3 Å². The van der Waals surface area contributed by atoms with E-state index in [9.17, 15) is 0 Å². The van der Waals surface area contributed by atoms with Gasteiger partial charge in [-0.05, 0) is 42.7 Å². The fourth-order valence-electron chi connectivity index (χ4n) is 2.33. The lowest BCUT2D eigenvalue weighted by Crippen LogP contribution is -1.94. The van der Waals surface area contributed by atoms with E-state index in [2.05, 4.69) is 67.5 Å². The molecule has 2 N–H and O–H groups in total. The number of benzene rings is 2. The Morgan fingerprint density at radius 1 is 0.944 bits per heavy atom. The highest BCUT2D eigenvalue weighted by atomic mass is 15.2. The summed E-state index contributed by atoms with van der Waals surface area (Å²) in [5, 5.41) is 6.43. The minimum atomic E-state index is 0. The quantitative estimate of drug-likeness (QED) is 0.750. The highest BCUT2D eigenvalue weighted by molar-refractivity contribution is 5.84. The van der Waals surface area contributed by atoms with Gasteiger partial charge in [-0.15, -0.1) is 0 Å². The number of hydrogen-bond donors (Lipinski definition) is 2. The Balaban J connectivity index is 0.000001000. The Hall–Kier alpha value is -2.22. The smallest absolute Gasteiger partial charge is 0.100 e. The molecule has 1 heterocycles. The lowest BCUT2D eigenvalue weighted by molar-refractivity contribution is 1.39. The highest BCUT2D eigenvalue weighted by Gasteiger charge is 2.13. The average Bonchev–Trinajstić information content (AvgIpc) is 2.71. The molecule has 0 radical (unpaired) electrons. The topological polar surface area (TPSA) is 24.1 Å². The number of anilines is 2. The molecule has 94 valence electrons. The van der Waals surface area contributed by atoms with Gasteiger partial charge in [0.2, 0.25) is 0 Å². The van der Waals surface area contributed by atoms with Crippen LogP contribution in [0.25, 0.3) is 11.1 Å². The van der Waals surface area contributed by atoms with E-state index in [0.717, 1.165) is 17.2 Å². The molecule has 0 fully saturated rings. The van der Waals surface area contributed by atoms with Crippen molar-refractivity contribution in [3.05, 3.63) is 59.9 Å². The first kappa shape index (κ1) is 10.9. The number of nitrogens with one attached hydrogen (secondary N) is 2. The van der Waals surface area contributed by atoms with Crippen LogP contribution in [0.15, 0.2) is 48.8 Å². The second kappa shape index (κ2) is 3.91. The van der Waals surface area contributed by atoms with Gasteiger partial charge in [0, 0.05) is 2.85 Å². The Morgan fingerprint density at radius 3 is 2.56 bits per heavy atom. The molecule has 0 spiro atoms. The van der Waals surface area contributed by atoms with Crippen molar-refractivity contribution in [2.24, 2.45) is 0 Å². The second-order valence-electron chi connectivity index (χ2n) is 4.81. The predicted molar refractivity (Wildman–Crippen MR) is 82.0 cm³/mol. The van der Waals surface area contributed by atoms with Crippen molar-refractivity contribution in [3.8, 4) is 11.1 Å². The number of fused-ring (bicyclic) bond motifs is 1. The van der Waals surface area contributed by atoms with Gasteiger partial charge >= 0.3 is 0 Å². The normalized spacial score (nSPS) is 12.9. The van der Waals surface area contributed by atoms with Gasteiger partial charge in [0.25, 0.3) is 0 Å².